The van der Waals surface area contributed by atoms with Gasteiger partial charge in [0.2, 0.25) is 0 Å². The van der Waals surface area contributed by atoms with E-state index in [1.165, 1.54) is 12.1 Å². The van der Waals surface area contributed by atoms with E-state index in [9.17, 15) is 10.1 Å². The number of benzene rings is 2. The van der Waals surface area contributed by atoms with Crippen molar-refractivity contribution in [2.24, 2.45) is 4.99 Å². The first-order valence-electron chi connectivity index (χ1n) is 8.19. The van der Waals surface area contributed by atoms with Gasteiger partial charge in [-0.05, 0) is 55.8 Å². The zero-order valence-corrected chi connectivity index (χ0v) is 14.5. The van der Waals surface area contributed by atoms with Gasteiger partial charge in [0.15, 0.2) is 0 Å². The summed E-state index contributed by atoms with van der Waals surface area (Å²) in [5.74, 6) is 1.94. The van der Waals surface area contributed by atoms with Gasteiger partial charge in [0.25, 0.3) is 5.69 Å². The van der Waals surface area contributed by atoms with Crippen LogP contribution in [0.3, 0.4) is 0 Å². The van der Waals surface area contributed by atoms with Crippen LogP contribution >= 0.6 is 0 Å². The molecule has 1 heterocycles. The van der Waals surface area contributed by atoms with E-state index in [0.29, 0.717) is 23.7 Å². The first kappa shape index (κ1) is 17.4. The number of non-ortho nitro benzene ring substituents is 1. The highest BCUT2D eigenvalue weighted by atomic mass is 16.6. The molecule has 26 heavy (non-hydrogen) atoms. The Bertz CT molecular complexity index is 943. The van der Waals surface area contributed by atoms with Gasteiger partial charge in [-0.15, -0.1) is 0 Å². The van der Waals surface area contributed by atoms with E-state index in [4.69, 9.17) is 9.15 Å². The zero-order chi connectivity index (χ0) is 18.5. The summed E-state index contributed by atoms with van der Waals surface area (Å²) in [6.45, 7) is 4.44. The number of hydrogen-bond acceptors (Lipinski definition) is 5. The third-order valence-electron chi connectivity index (χ3n) is 3.81. The Morgan fingerprint density at radius 3 is 2.62 bits per heavy atom. The minimum absolute atomic E-state index is 0.0339. The SMILES string of the molecule is CCOc1ccc(N=Cc2ccc(-c3cc([N+](=O)[O-])ccc3C)o2)cc1. The van der Waals surface area contributed by atoms with Crippen molar-refractivity contribution in [3.63, 3.8) is 0 Å². The Kier molecular flexibility index (Phi) is 5.12. The Labute approximate surface area is 150 Å². The molecule has 2 aromatic carbocycles. The number of nitro groups is 1. The summed E-state index contributed by atoms with van der Waals surface area (Å²) in [6.07, 6.45) is 1.62. The number of aryl methyl sites for hydroxylation is 1. The normalized spacial score (nSPS) is 11.0. The van der Waals surface area contributed by atoms with Gasteiger partial charge in [-0.25, -0.2) is 0 Å². The lowest BCUT2D eigenvalue weighted by Gasteiger charge is -2.02. The molecule has 6 nitrogen and oxygen atoms in total. The number of rotatable bonds is 6. The molecule has 0 aliphatic rings. The first-order chi connectivity index (χ1) is 12.6. The molecule has 0 spiro atoms. The second kappa shape index (κ2) is 7.65. The van der Waals surface area contributed by atoms with Crippen molar-refractivity contribution in [2.45, 2.75) is 13.8 Å². The molecule has 0 atom stereocenters. The van der Waals surface area contributed by atoms with Crippen molar-refractivity contribution in [1.82, 2.24) is 0 Å². The molecule has 3 rings (SSSR count). The summed E-state index contributed by atoms with van der Waals surface area (Å²) >= 11 is 0. The van der Waals surface area contributed by atoms with Crippen LogP contribution in [-0.4, -0.2) is 17.7 Å². The van der Waals surface area contributed by atoms with E-state index < -0.39 is 4.92 Å². The average molecular weight is 350 g/mol. The lowest BCUT2D eigenvalue weighted by Crippen LogP contribution is -1.90. The molecule has 1 aromatic heterocycles. The number of hydrogen-bond donors (Lipinski definition) is 0. The van der Waals surface area contributed by atoms with Crippen molar-refractivity contribution < 1.29 is 14.1 Å². The fraction of sp³-hybridized carbons (Fsp3) is 0.150. The number of nitro benzene ring substituents is 1. The third-order valence-corrected chi connectivity index (χ3v) is 3.81. The molecule has 0 fully saturated rings. The number of ether oxygens (including phenoxy) is 1. The summed E-state index contributed by atoms with van der Waals surface area (Å²) in [6, 6.07) is 15.7. The molecular weight excluding hydrogens is 332 g/mol. The first-order valence-corrected chi connectivity index (χ1v) is 8.19. The van der Waals surface area contributed by atoms with E-state index in [1.807, 2.05) is 38.1 Å². The van der Waals surface area contributed by atoms with Gasteiger partial charge in [-0.1, -0.05) is 6.07 Å². The van der Waals surface area contributed by atoms with Gasteiger partial charge < -0.3 is 9.15 Å². The van der Waals surface area contributed by atoms with Crippen LogP contribution in [0.1, 0.15) is 18.2 Å². The van der Waals surface area contributed by atoms with Crippen LogP contribution in [0, 0.1) is 17.0 Å². The zero-order valence-electron chi connectivity index (χ0n) is 14.5. The van der Waals surface area contributed by atoms with Crippen LogP contribution in [0.25, 0.3) is 11.3 Å². The largest absolute Gasteiger partial charge is 0.494 e. The van der Waals surface area contributed by atoms with E-state index in [1.54, 1.807) is 24.4 Å². The summed E-state index contributed by atoms with van der Waals surface area (Å²) in [7, 11) is 0. The Morgan fingerprint density at radius 2 is 1.92 bits per heavy atom. The molecule has 0 aliphatic heterocycles. The van der Waals surface area contributed by atoms with E-state index in [0.717, 1.165) is 17.0 Å². The van der Waals surface area contributed by atoms with Crippen molar-refractivity contribution in [2.75, 3.05) is 6.61 Å². The topological polar surface area (TPSA) is 77.9 Å². The van der Waals surface area contributed by atoms with Gasteiger partial charge >= 0.3 is 0 Å². The molecule has 132 valence electrons. The van der Waals surface area contributed by atoms with Crippen LogP contribution in [0.15, 0.2) is 64.0 Å². The molecule has 0 aliphatic carbocycles. The minimum Gasteiger partial charge on any atom is -0.494 e. The molecule has 0 saturated carbocycles. The minimum atomic E-state index is -0.417. The van der Waals surface area contributed by atoms with Gasteiger partial charge in [-0.3, -0.25) is 15.1 Å². The van der Waals surface area contributed by atoms with Crippen molar-refractivity contribution in [3.8, 4) is 17.1 Å². The quantitative estimate of drug-likeness (QED) is 0.343. The van der Waals surface area contributed by atoms with Gasteiger partial charge in [-0.2, -0.15) is 0 Å². The predicted octanol–water partition coefficient (Wildman–Crippen LogP) is 5.31. The lowest BCUT2D eigenvalue weighted by molar-refractivity contribution is -0.384. The van der Waals surface area contributed by atoms with Crippen molar-refractivity contribution >= 4 is 17.6 Å². The Hall–Kier alpha value is -3.41. The maximum absolute atomic E-state index is 11.0. The number of nitrogens with zero attached hydrogens (tertiary/aromatic N) is 2. The predicted molar refractivity (Wildman–Crippen MR) is 100 cm³/mol. The molecule has 0 unspecified atom stereocenters. The smallest absolute Gasteiger partial charge is 0.270 e. The highest BCUT2D eigenvalue weighted by molar-refractivity contribution is 5.80. The summed E-state index contributed by atoms with van der Waals surface area (Å²) in [5, 5.41) is 11.0. The molecule has 0 saturated heterocycles. The fourth-order valence-corrected chi connectivity index (χ4v) is 2.49. The van der Waals surface area contributed by atoms with E-state index in [-0.39, 0.29) is 5.69 Å². The van der Waals surface area contributed by atoms with Crippen LogP contribution < -0.4 is 4.74 Å². The maximum atomic E-state index is 11.0. The summed E-state index contributed by atoms with van der Waals surface area (Å²) in [5.41, 5.74) is 2.41. The van der Waals surface area contributed by atoms with Crippen molar-refractivity contribution in [3.05, 3.63) is 76.0 Å². The van der Waals surface area contributed by atoms with E-state index >= 15 is 0 Å². The molecule has 0 radical (unpaired) electrons. The van der Waals surface area contributed by atoms with Gasteiger partial charge in [0.1, 0.15) is 17.3 Å². The molecule has 0 amide bonds. The second-order valence-corrected chi connectivity index (χ2v) is 5.64. The van der Waals surface area contributed by atoms with Crippen LogP contribution in [0.2, 0.25) is 0 Å². The van der Waals surface area contributed by atoms with Crippen LogP contribution in [0.5, 0.6) is 5.75 Å². The molecule has 6 heteroatoms. The molecule has 0 bridgehead atoms. The molecular formula is C20H18N2O4. The lowest BCUT2D eigenvalue weighted by atomic mass is 10.1. The average Bonchev–Trinajstić information content (AvgIpc) is 3.10. The van der Waals surface area contributed by atoms with Crippen LogP contribution in [0.4, 0.5) is 11.4 Å². The number of furan rings is 1. The number of aliphatic imine (C=N–C) groups is 1. The highest BCUT2D eigenvalue weighted by Crippen LogP contribution is 2.29. The monoisotopic (exact) mass is 350 g/mol. The Morgan fingerprint density at radius 1 is 1.15 bits per heavy atom. The third kappa shape index (κ3) is 3.97. The maximum Gasteiger partial charge on any atom is 0.270 e. The Balaban J connectivity index is 1.80. The molecule has 0 N–H and O–H groups in total. The highest BCUT2D eigenvalue weighted by Gasteiger charge is 2.12. The molecule has 3 aromatic rings. The fourth-order valence-electron chi connectivity index (χ4n) is 2.49. The summed E-state index contributed by atoms with van der Waals surface area (Å²) < 4.78 is 11.2. The van der Waals surface area contributed by atoms with E-state index in [2.05, 4.69) is 4.99 Å². The van der Waals surface area contributed by atoms with Gasteiger partial charge in [0.05, 0.1) is 23.4 Å². The standard InChI is InChI=1S/C20H18N2O4/c1-3-25-17-8-5-15(6-9-17)21-13-18-10-11-20(26-18)19-12-16(22(23)24)7-4-14(19)2/h4-13H,3H2,1-2H3. The van der Waals surface area contributed by atoms with Crippen molar-refractivity contribution in [1.29, 1.82) is 0 Å². The second-order valence-electron chi connectivity index (χ2n) is 5.64. The van der Waals surface area contributed by atoms with Crippen LogP contribution in [-0.2, 0) is 0 Å². The summed E-state index contributed by atoms with van der Waals surface area (Å²) in [4.78, 5) is 14.9. The van der Waals surface area contributed by atoms with Gasteiger partial charge in [0, 0.05) is 17.7 Å².